The van der Waals surface area contributed by atoms with Crippen molar-refractivity contribution in [1.29, 1.82) is 0 Å². The fourth-order valence-corrected chi connectivity index (χ4v) is 10.8. The van der Waals surface area contributed by atoms with Crippen LogP contribution in [0.2, 0.25) is 0 Å². The fraction of sp³-hybridized carbons (Fsp3) is 0.767. The molecule has 1 aliphatic rings. The van der Waals surface area contributed by atoms with Crippen LogP contribution in [-0.2, 0) is 50.7 Å². The van der Waals surface area contributed by atoms with Gasteiger partial charge in [0.15, 0.2) is 22.8 Å². The van der Waals surface area contributed by atoms with Gasteiger partial charge in [-0.05, 0) is 32.1 Å². The Hall–Kier alpha value is -2.70. The van der Waals surface area contributed by atoms with Crippen LogP contribution in [0.15, 0.2) is 24.8 Å². The third kappa shape index (κ3) is 24.5. The van der Waals surface area contributed by atoms with Gasteiger partial charge in [-0.25, -0.2) is 19.3 Å². The van der Waals surface area contributed by atoms with Crippen LogP contribution in [0.25, 0.3) is 11.2 Å². The number of hydrogen-bond acceptors (Lipinski definition) is 22. The molecular formula is C43H72N7O17P3S-4. The number of allylic oxidation sites excluding steroid dienone is 2. The standard InChI is InChI=1S/C43H76N7O17P3S/c1-4-5-6-7-8-9-10-11-12-13-14-15-16-17-18-19-20-21-22-23-34(52)71-27-26-45-33(51)24-25-46-41(55)38(54)43(2,3)29-64-70(61,62)67-69(59,60)63-28-32-37(66-68(56,57)58)36(53)42(65-32)50-31-49-35-39(44)47-30-48-40(35)50/h13-14,30-32,36-38,42,53-54H,4-12,15-29H2,1-3H3,(H,45,51)(H,46,55)(H,59,60)(H,61,62)(H2,44,47,48)(H2,56,57,58)/p-4/b14-13-/t32-,36-,37-,38+,42-/m1/s1. The number of nitrogens with one attached hydrogen (secondary N) is 2. The lowest BCUT2D eigenvalue weighted by molar-refractivity contribution is -0.347. The summed E-state index contributed by atoms with van der Waals surface area (Å²) in [5, 5.41) is 26.5. The average Bonchev–Trinajstić information content (AvgIpc) is 3.86. The second kappa shape index (κ2) is 31.9. The maximum absolute atomic E-state index is 12.7. The van der Waals surface area contributed by atoms with Crippen molar-refractivity contribution in [2.24, 2.45) is 5.41 Å². The Balaban J connectivity index is 1.25. The first kappa shape index (κ1) is 62.6. The number of rotatable bonds is 38. The lowest BCUT2D eigenvalue weighted by Gasteiger charge is -2.36. The van der Waals surface area contributed by atoms with E-state index in [2.05, 4.69) is 62.5 Å². The monoisotopic (exact) mass is 1080 g/mol. The maximum Gasteiger partial charge on any atom is 0.274 e. The number of aromatic nitrogens is 4. The van der Waals surface area contributed by atoms with Gasteiger partial charge in [0.1, 0.15) is 36.3 Å². The number of aliphatic hydroxyl groups is 2. The van der Waals surface area contributed by atoms with Crippen molar-refractivity contribution in [2.45, 2.75) is 173 Å². The predicted molar refractivity (Wildman–Crippen MR) is 256 cm³/mol. The van der Waals surface area contributed by atoms with Crippen molar-refractivity contribution >= 4 is 69.1 Å². The Bertz CT molecular complexity index is 2120. The molecule has 0 aliphatic carbocycles. The number of hydrogen-bond donors (Lipinski definition) is 5. The Labute approximate surface area is 419 Å². The highest BCUT2D eigenvalue weighted by molar-refractivity contribution is 8.13. The van der Waals surface area contributed by atoms with E-state index in [4.69, 9.17) is 10.5 Å². The van der Waals surface area contributed by atoms with Gasteiger partial charge >= 0.3 is 0 Å². The number of carbonyl (C=O) groups is 3. The van der Waals surface area contributed by atoms with Crippen LogP contribution in [0.4, 0.5) is 5.82 Å². The highest BCUT2D eigenvalue weighted by Gasteiger charge is 2.47. The van der Waals surface area contributed by atoms with Crippen LogP contribution in [-0.4, -0.2) is 103 Å². The molecule has 3 rings (SSSR count). The summed E-state index contributed by atoms with van der Waals surface area (Å²) in [6.45, 7) is 2.42. The number of fused-ring (bicyclic) bond motifs is 1. The minimum atomic E-state index is -5.92. The third-order valence-electron chi connectivity index (χ3n) is 11.4. The normalized spacial score (nSPS) is 19.7. The number of amides is 2. The molecule has 24 nitrogen and oxygen atoms in total. The molecule has 2 aromatic heterocycles. The van der Waals surface area contributed by atoms with Gasteiger partial charge in [0, 0.05) is 37.1 Å². The average molecular weight is 1080 g/mol. The highest BCUT2D eigenvalue weighted by Crippen LogP contribution is 2.56. The number of nitrogens with two attached hydrogens (primary N) is 1. The molecule has 0 radical (unpaired) electrons. The number of anilines is 1. The second-order valence-electron chi connectivity index (χ2n) is 18.0. The van der Waals surface area contributed by atoms with E-state index < -0.39 is 84.6 Å². The maximum atomic E-state index is 12.7. The smallest absolute Gasteiger partial charge is 0.274 e. The zero-order chi connectivity index (χ0) is 52.5. The minimum Gasteiger partial charge on any atom is -0.790 e. The van der Waals surface area contributed by atoms with Crippen molar-refractivity contribution < 1.29 is 80.5 Å². The summed E-state index contributed by atoms with van der Waals surface area (Å²) in [5.41, 5.74) is 4.10. The summed E-state index contributed by atoms with van der Waals surface area (Å²) in [6, 6.07) is 0. The largest absolute Gasteiger partial charge is 0.790 e. The van der Waals surface area contributed by atoms with Gasteiger partial charge in [-0.2, -0.15) is 0 Å². The molecule has 1 saturated heterocycles. The van der Waals surface area contributed by atoms with E-state index in [1.165, 1.54) is 90.9 Å². The quantitative estimate of drug-likeness (QED) is 0.0363. The van der Waals surface area contributed by atoms with Crippen LogP contribution < -0.4 is 35.9 Å². The molecule has 6 N–H and O–H groups in total. The van der Waals surface area contributed by atoms with Crippen LogP contribution in [0.5, 0.6) is 0 Å². The number of unbranched alkanes of at least 4 members (excludes halogenated alkanes) is 15. The minimum absolute atomic E-state index is 0.0183. The lowest BCUT2D eigenvalue weighted by atomic mass is 9.87. The highest BCUT2D eigenvalue weighted by atomic mass is 32.2. The fourth-order valence-electron chi connectivity index (χ4n) is 7.39. The first-order valence-electron chi connectivity index (χ1n) is 24.2. The molecule has 2 amide bonds. The van der Waals surface area contributed by atoms with Crippen LogP contribution in [0, 0.1) is 5.41 Å². The van der Waals surface area contributed by atoms with Gasteiger partial charge in [-0.3, -0.25) is 28.1 Å². The number of thioether (sulfide) groups is 1. The van der Waals surface area contributed by atoms with Crippen LogP contribution >= 0.6 is 35.2 Å². The summed E-state index contributed by atoms with van der Waals surface area (Å²) in [4.78, 5) is 97.0. The topological polar surface area (TPSA) is 375 Å². The molecule has 1 aliphatic heterocycles. The first-order chi connectivity index (χ1) is 33.6. The molecule has 3 heterocycles. The van der Waals surface area contributed by atoms with E-state index >= 15 is 0 Å². The van der Waals surface area contributed by atoms with Gasteiger partial charge in [-0.1, -0.05) is 122 Å². The van der Waals surface area contributed by atoms with Gasteiger partial charge < -0.3 is 69.0 Å². The van der Waals surface area contributed by atoms with E-state index in [1.807, 2.05) is 0 Å². The Morgan fingerprint density at radius 3 is 2.07 bits per heavy atom. The molecule has 0 spiro atoms. The zero-order valence-corrected chi connectivity index (χ0v) is 44.3. The number of nitrogens with zero attached hydrogens (tertiary/aromatic N) is 4. The van der Waals surface area contributed by atoms with Crippen molar-refractivity contribution in [2.75, 3.05) is 37.8 Å². The van der Waals surface area contributed by atoms with Crippen molar-refractivity contribution in [3.8, 4) is 0 Å². The molecule has 2 aromatic rings. The van der Waals surface area contributed by atoms with Crippen molar-refractivity contribution in [1.82, 2.24) is 30.2 Å². The molecule has 0 saturated carbocycles. The summed E-state index contributed by atoms with van der Waals surface area (Å²) < 4.78 is 60.9. The third-order valence-corrected chi connectivity index (χ3v) is 15.3. The number of aliphatic hydroxyl groups excluding tert-OH is 2. The summed E-state index contributed by atoms with van der Waals surface area (Å²) in [7, 11) is -17.6. The number of imidazole rings is 1. The Morgan fingerprint density at radius 2 is 1.45 bits per heavy atom. The summed E-state index contributed by atoms with van der Waals surface area (Å²) >= 11 is 1.14. The number of ether oxygens (including phenoxy) is 1. The molecule has 71 heavy (non-hydrogen) atoms. The lowest BCUT2D eigenvalue weighted by Crippen LogP contribution is -2.46. The second-order valence-corrected chi connectivity index (χ2v) is 23.2. The first-order valence-corrected chi connectivity index (χ1v) is 29.5. The van der Waals surface area contributed by atoms with E-state index in [0.29, 0.717) is 12.2 Å². The van der Waals surface area contributed by atoms with E-state index in [1.54, 1.807) is 0 Å². The van der Waals surface area contributed by atoms with E-state index in [-0.39, 0.29) is 41.6 Å². The molecule has 0 aromatic carbocycles. The van der Waals surface area contributed by atoms with Crippen LogP contribution in [0.1, 0.15) is 149 Å². The van der Waals surface area contributed by atoms with Crippen molar-refractivity contribution in [3.63, 3.8) is 0 Å². The number of phosphoric acid groups is 3. The predicted octanol–water partition coefficient (Wildman–Crippen LogP) is 3.73. The van der Waals surface area contributed by atoms with Gasteiger partial charge in [-0.15, -0.1) is 0 Å². The van der Waals surface area contributed by atoms with Crippen LogP contribution in [0.3, 0.4) is 0 Å². The molecule has 0 bridgehead atoms. The zero-order valence-electron chi connectivity index (χ0n) is 40.8. The number of phosphoric ester groups is 3. The molecule has 2 unspecified atom stereocenters. The molecule has 7 atom stereocenters. The SMILES string of the molecule is CCCCCCCCCC/C=C\CCCCCCCCCC(=O)SCCNC(=O)CCNC(=O)[C@H](O)C(C)(C)COP(=O)([O-])OP(=O)([O-])OC[C@H]1O[C@@H](n2cnc3c(N)ncnc32)[C@H](O)[C@@H]1OP(=O)([O-])[O-]. The molecular weight excluding hydrogens is 1010 g/mol. The van der Waals surface area contributed by atoms with Gasteiger partial charge in [0.2, 0.25) is 11.8 Å². The van der Waals surface area contributed by atoms with Crippen molar-refractivity contribution in [3.05, 3.63) is 24.8 Å². The Morgan fingerprint density at radius 1 is 0.859 bits per heavy atom. The summed E-state index contributed by atoms with van der Waals surface area (Å²) in [6.07, 6.45) is 18.4. The molecule has 28 heteroatoms. The van der Waals surface area contributed by atoms with E-state index in [0.717, 1.165) is 61.1 Å². The summed E-state index contributed by atoms with van der Waals surface area (Å²) in [5.74, 6) is -1.13. The Kier molecular flexibility index (Phi) is 28.1. The molecule has 406 valence electrons. The van der Waals surface area contributed by atoms with E-state index in [9.17, 15) is 57.9 Å². The van der Waals surface area contributed by atoms with Gasteiger partial charge in [0.25, 0.3) is 15.6 Å². The van der Waals surface area contributed by atoms with Gasteiger partial charge in [0.05, 0.1) is 27.4 Å². The number of nitrogen functional groups attached to an aromatic ring is 1. The number of carbonyl (C=O) groups excluding carboxylic acids is 3. The molecule has 1 fully saturated rings.